The molecule has 0 aliphatic carbocycles. The second kappa shape index (κ2) is 11.9. The van der Waals surface area contributed by atoms with Gasteiger partial charge in [0.2, 0.25) is 5.91 Å². The van der Waals surface area contributed by atoms with Crippen LogP contribution in [0.1, 0.15) is 22.3 Å². The van der Waals surface area contributed by atoms with Crippen molar-refractivity contribution < 1.29 is 19.1 Å². The zero-order chi connectivity index (χ0) is 24.5. The SMILES string of the molecule is CNC(=O)[C@@H](Cc1ccccc1)N(Cc1cccc(OC)c1)C(=O)COc1cc(C)cc(C)c1. The smallest absolute Gasteiger partial charge is 0.261 e. The van der Waals surface area contributed by atoms with Crippen LogP contribution in [0.4, 0.5) is 0 Å². The summed E-state index contributed by atoms with van der Waals surface area (Å²) in [5.74, 6) is 0.820. The number of ether oxygens (including phenoxy) is 2. The number of nitrogens with one attached hydrogen (secondary N) is 1. The molecule has 0 heterocycles. The molecular weight excluding hydrogens is 428 g/mol. The molecule has 0 aliphatic rings. The number of nitrogens with zero attached hydrogens (tertiary/aromatic N) is 1. The Morgan fingerprint density at radius 3 is 2.21 bits per heavy atom. The summed E-state index contributed by atoms with van der Waals surface area (Å²) in [4.78, 5) is 28.0. The molecule has 0 fully saturated rings. The number of hydrogen-bond donors (Lipinski definition) is 1. The Labute approximate surface area is 201 Å². The van der Waals surface area contributed by atoms with Gasteiger partial charge in [-0.25, -0.2) is 0 Å². The van der Waals surface area contributed by atoms with Gasteiger partial charge in [0.1, 0.15) is 17.5 Å². The van der Waals surface area contributed by atoms with Crippen molar-refractivity contribution in [1.29, 1.82) is 0 Å². The zero-order valence-electron chi connectivity index (χ0n) is 20.2. The van der Waals surface area contributed by atoms with Gasteiger partial charge in [-0.3, -0.25) is 9.59 Å². The predicted molar refractivity (Wildman–Crippen MR) is 133 cm³/mol. The summed E-state index contributed by atoms with van der Waals surface area (Å²) in [5.41, 5.74) is 3.95. The van der Waals surface area contributed by atoms with E-state index in [2.05, 4.69) is 5.32 Å². The maximum Gasteiger partial charge on any atom is 0.261 e. The summed E-state index contributed by atoms with van der Waals surface area (Å²) in [6.45, 7) is 4.04. The monoisotopic (exact) mass is 460 g/mol. The van der Waals surface area contributed by atoms with Crippen LogP contribution in [0, 0.1) is 13.8 Å². The topological polar surface area (TPSA) is 67.9 Å². The summed E-state index contributed by atoms with van der Waals surface area (Å²) in [6, 6.07) is 22.3. The molecule has 178 valence electrons. The minimum Gasteiger partial charge on any atom is -0.497 e. The van der Waals surface area contributed by atoms with Crippen molar-refractivity contribution in [2.24, 2.45) is 0 Å². The van der Waals surface area contributed by atoms with Crippen LogP contribution in [0.15, 0.2) is 72.8 Å². The number of carbonyl (C=O) groups excluding carboxylic acids is 2. The van der Waals surface area contributed by atoms with Crippen molar-refractivity contribution in [1.82, 2.24) is 10.2 Å². The number of rotatable bonds is 10. The highest BCUT2D eigenvalue weighted by atomic mass is 16.5. The van der Waals surface area contributed by atoms with Crippen LogP contribution in [-0.4, -0.2) is 43.5 Å². The fourth-order valence-corrected chi connectivity index (χ4v) is 3.93. The van der Waals surface area contributed by atoms with Gasteiger partial charge in [-0.05, 0) is 60.4 Å². The molecule has 1 N–H and O–H groups in total. The first kappa shape index (κ1) is 24.8. The summed E-state index contributed by atoms with van der Waals surface area (Å²) >= 11 is 0. The van der Waals surface area contributed by atoms with Crippen molar-refractivity contribution in [2.45, 2.75) is 32.9 Å². The minimum absolute atomic E-state index is 0.171. The van der Waals surface area contributed by atoms with E-state index < -0.39 is 6.04 Å². The highest BCUT2D eigenvalue weighted by molar-refractivity contribution is 5.88. The van der Waals surface area contributed by atoms with Gasteiger partial charge in [-0.1, -0.05) is 48.5 Å². The van der Waals surface area contributed by atoms with Crippen molar-refractivity contribution in [2.75, 3.05) is 20.8 Å². The van der Waals surface area contributed by atoms with E-state index >= 15 is 0 Å². The lowest BCUT2D eigenvalue weighted by molar-refractivity contribution is -0.142. The Morgan fingerprint density at radius 1 is 0.882 bits per heavy atom. The third-order valence-corrected chi connectivity index (χ3v) is 5.56. The number of aryl methyl sites for hydroxylation is 2. The molecule has 0 unspecified atom stereocenters. The van der Waals surface area contributed by atoms with Crippen molar-refractivity contribution in [3.63, 3.8) is 0 Å². The first-order chi connectivity index (χ1) is 16.4. The van der Waals surface area contributed by atoms with Gasteiger partial charge in [-0.15, -0.1) is 0 Å². The molecule has 1 atom stereocenters. The average Bonchev–Trinajstić information content (AvgIpc) is 2.84. The van der Waals surface area contributed by atoms with Gasteiger partial charge in [0.05, 0.1) is 7.11 Å². The molecule has 3 aromatic carbocycles. The fourth-order valence-electron chi connectivity index (χ4n) is 3.93. The van der Waals surface area contributed by atoms with Gasteiger partial charge in [0, 0.05) is 20.0 Å². The lowest BCUT2D eigenvalue weighted by Crippen LogP contribution is -2.51. The Morgan fingerprint density at radius 2 is 1.56 bits per heavy atom. The quantitative estimate of drug-likeness (QED) is 0.495. The predicted octanol–water partition coefficient (Wildman–Crippen LogP) is 4.08. The van der Waals surface area contributed by atoms with Crippen LogP contribution in [-0.2, 0) is 22.6 Å². The van der Waals surface area contributed by atoms with E-state index in [0.29, 0.717) is 17.9 Å². The van der Waals surface area contributed by atoms with Gasteiger partial charge in [0.15, 0.2) is 6.61 Å². The minimum atomic E-state index is -0.700. The average molecular weight is 461 g/mol. The standard InChI is InChI=1S/C28H32N2O4/c1-20-13-21(2)15-25(14-20)34-19-27(31)30(18-23-11-8-12-24(16-23)33-4)26(28(32)29-3)17-22-9-6-5-7-10-22/h5-16,26H,17-19H2,1-4H3,(H,29,32)/t26-/m1/s1. The third-order valence-electron chi connectivity index (χ3n) is 5.56. The normalized spacial score (nSPS) is 11.4. The van der Waals surface area contributed by atoms with Crippen LogP contribution >= 0.6 is 0 Å². The first-order valence-corrected chi connectivity index (χ1v) is 11.3. The molecule has 34 heavy (non-hydrogen) atoms. The van der Waals surface area contributed by atoms with Gasteiger partial charge >= 0.3 is 0 Å². The Balaban J connectivity index is 1.89. The van der Waals surface area contributed by atoms with Crippen LogP contribution in [0.25, 0.3) is 0 Å². The van der Waals surface area contributed by atoms with Gasteiger partial charge < -0.3 is 19.7 Å². The fraction of sp³-hybridized carbons (Fsp3) is 0.286. The molecule has 0 saturated carbocycles. The molecule has 0 spiro atoms. The summed E-state index contributed by atoms with van der Waals surface area (Å²) in [5, 5.41) is 2.72. The summed E-state index contributed by atoms with van der Waals surface area (Å²) < 4.78 is 11.2. The van der Waals surface area contributed by atoms with E-state index in [1.807, 2.05) is 86.6 Å². The van der Waals surface area contributed by atoms with Crippen LogP contribution in [0.3, 0.4) is 0 Å². The maximum atomic E-state index is 13.5. The van der Waals surface area contributed by atoms with Gasteiger partial charge in [-0.2, -0.15) is 0 Å². The second-order valence-corrected chi connectivity index (χ2v) is 8.31. The molecule has 6 heteroatoms. The van der Waals surface area contributed by atoms with Crippen molar-refractivity contribution >= 4 is 11.8 Å². The molecule has 0 saturated heterocycles. The lowest BCUT2D eigenvalue weighted by atomic mass is 10.0. The number of methoxy groups -OCH3 is 1. The molecule has 6 nitrogen and oxygen atoms in total. The Kier molecular flexibility index (Phi) is 8.68. The number of likely N-dealkylation sites (N-methyl/N-ethyl adjacent to an activating group) is 1. The van der Waals surface area contributed by atoms with E-state index in [1.165, 1.54) is 0 Å². The van der Waals surface area contributed by atoms with Gasteiger partial charge in [0.25, 0.3) is 5.91 Å². The molecule has 0 bridgehead atoms. The molecule has 0 aliphatic heterocycles. The molecule has 3 rings (SSSR count). The van der Waals surface area contributed by atoms with Crippen molar-refractivity contribution in [3.05, 3.63) is 95.1 Å². The Hall–Kier alpha value is -3.80. The summed E-state index contributed by atoms with van der Waals surface area (Å²) in [6.07, 6.45) is 0.389. The van der Waals surface area contributed by atoms with Crippen LogP contribution in [0.2, 0.25) is 0 Å². The van der Waals surface area contributed by atoms with E-state index in [9.17, 15) is 9.59 Å². The lowest BCUT2D eigenvalue weighted by Gasteiger charge is -2.31. The number of carbonyl (C=O) groups is 2. The highest BCUT2D eigenvalue weighted by Gasteiger charge is 2.30. The van der Waals surface area contributed by atoms with Crippen molar-refractivity contribution in [3.8, 4) is 11.5 Å². The number of hydrogen-bond acceptors (Lipinski definition) is 4. The molecule has 2 amide bonds. The van der Waals surface area contributed by atoms with E-state index in [4.69, 9.17) is 9.47 Å². The largest absolute Gasteiger partial charge is 0.497 e. The molecular formula is C28H32N2O4. The van der Waals surface area contributed by atoms with E-state index in [0.717, 1.165) is 22.3 Å². The van der Waals surface area contributed by atoms with Crippen LogP contribution in [0.5, 0.6) is 11.5 Å². The maximum absolute atomic E-state index is 13.5. The molecule has 0 aromatic heterocycles. The number of amides is 2. The third kappa shape index (κ3) is 6.85. The highest BCUT2D eigenvalue weighted by Crippen LogP contribution is 2.20. The second-order valence-electron chi connectivity index (χ2n) is 8.31. The number of benzene rings is 3. The Bertz CT molecular complexity index is 1090. The van der Waals surface area contributed by atoms with E-state index in [-0.39, 0.29) is 25.0 Å². The van der Waals surface area contributed by atoms with Crippen LogP contribution < -0.4 is 14.8 Å². The first-order valence-electron chi connectivity index (χ1n) is 11.3. The molecule has 3 aromatic rings. The molecule has 0 radical (unpaired) electrons. The summed E-state index contributed by atoms with van der Waals surface area (Å²) in [7, 11) is 3.18. The van der Waals surface area contributed by atoms with E-state index in [1.54, 1.807) is 19.1 Å². The zero-order valence-corrected chi connectivity index (χ0v) is 20.2.